The van der Waals surface area contributed by atoms with Crippen molar-refractivity contribution < 1.29 is 29.9 Å². The highest BCUT2D eigenvalue weighted by atomic mass is 17.2. The van der Waals surface area contributed by atoms with Crippen LogP contribution >= 0.6 is 0 Å². The summed E-state index contributed by atoms with van der Waals surface area (Å²) in [6.07, 6.45) is 0. The molecule has 0 aliphatic carbocycles. The van der Waals surface area contributed by atoms with Crippen molar-refractivity contribution in [1.82, 2.24) is 0 Å². The summed E-state index contributed by atoms with van der Waals surface area (Å²) in [7, 11) is 0. The van der Waals surface area contributed by atoms with Crippen molar-refractivity contribution >= 4 is 5.97 Å². The number of aliphatic hydroxyl groups excluding tert-OH is 3. The zero-order valence-electron chi connectivity index (χ0n) is 6.89. The van der Waals surface area contributed by atoms with Crippen molar-refractivity contribution in [2.45, 2.75) is 6.92 Å². The van der Waals surface area contributed by atoms with E-state index >= 15 is 0 Å². The standard InChI is InChI=1S/C4H8O4.C2H6O2/c1-4(6)8-7-3-2-5;3-1-2-4/h5H,2-3H2,1H3;3-4H,1-2H2. The van der Waals surface area contributed by atoms with Gasteiger partial charge in [-0.05, 0) is 0 Å². The smallest absolute Gasteiger partial charge is 0.339 e. The molecule has 0 amide bonds. The molecule has 0 aromatic carbocycles. The van der Waals surface area contributed by atoms with Gasteiger partial charge < -0.3 is 15.3 Å². The van der Waals surface area contributed by atoms with Crippen LogP contribution in [0.15, 0.2) is 0 Å². The van der Waals surface area contributed by atoms with E-state index in [1.165, 1.54) is 6.92 Å². The van der Waals surface area contributed by atoms with E-state index in [2.05, 4.69) is 9.78 Å². The normalized spacial score (nSPS) is 8.33. The maximum absolute atomic E-state index is 9.89. The van der Waals surface area contributed by atoms with Gasteiger partial charge in [0.2, 0.25) is 0 Å². The molecule has 6 nitrogen and oxygen atoms in total. The molecule has 74 valence electrons. The molecule has 0 saturated heterocycles. The largest absolute Gasteiger partial charge is 0.394 e. The Morgan fingerprint density at radius 3 is 1.92 bits per heavy atom. The van der Waals surface area contributed by atoms with E-state index in [1.54, 1.807) is 0 Å². The Morgan fingerprint density at radius 2 is 1.67 bits per heavy atom. The van der Waals surface area contributed by atoms with Crippen LogP contribution in [0.3, 0.4) is 0 Å². The van der Waals surface area contributed by atoms with E-state index in [0.29, 0.717) is 0 Å². The first-order valence-electron chi connectivity index (χ1n) is 3.31. The van der Waals surface area contributed by atoms with Crippen LogP contribution in [0, 0.1) is 0 Å². The summed E-state index contributed by atoms with van der Waals surface area (Å²) in [5, 5.41) is 23.3. The average Bonchev–Trinajstić information content (AvgIpc) is 2.05. The predicted octanol–water partition coefficient (Wildman–Crippen LogP) is -1.56. The monoisotopic (exact) mass is 182 g/mol. The molecule has 0 rings (SSSR count). The SMILES string of the molecule is CC(=O)OOCCO.OCCO. The molecule has 6 heteroatoms. The zero-order valence-corrected chi connectivity index (χ0v) is 6.89. The Kier molecular flexibility index (Phi) is 15.0. The molecule has 0 aromatic rings. The van der Waals surface area contributed by atoms with E-state index in [-0.39, 0.29) is 26.4 Å². The summed E-state index contributed by atoms with van der Waals surface area (Å²) in [6, 6.07) is 0. The molecule has 0 heterocycles. The lowest BCUT2D eigenvalue weighted by atomic mass is 10.8. The first kappa shape index (κ1) is 13.9. The molecule has 0 aromatic heterocycles. The maximum Gasteiger partial charge on any atom is 0.339 e. The molecule has 0 spiro atoms. The molecular weight excluding hydrogens is 168 g/mol. The Labute approximate surface area is 70.3 Å². The summed E-state index contributed by atoms with van der Waals surface area (Å²) in [5.74, 6) is -0.515. The second-order valence-electron chi connectivity index (χ2n) is 1.57. The lowest BCUT2D eigenvalue weighted by Crippen LogP contribution is -2.03. The average molecular weight is 182 g/mol. The number of hydrogen-bond acceptors (Lipinski definition) is 6. The highest BCUT2D eigenvalue weighted by molar-refractivity contribution is 5.65. The van der Waals surface area contributed by atoms with Gasteiger partial charge in [0.1, 0.15) is 6.61 Å². The quantitative estimate of drug-likeness (QED) is 0.276. The van der Waals surface area contributed by atoms with Crippen molar-refractivity contribution in [3.05, 3.63) is 0 Å². The summed E-state index contributed by atoms with van der Waals surface area (Å²) < 4.78 is 0. The molecule has 12 heavy (non-hydrogen) atoms. The lowest BCUT2D eigenvalue weighted by Gasteiger charge is -1.95. The summed E-state index contributed by atoms with van der Waals surface area (Å²) >= 11 is 0. The molecule has 0 bridgehead atoms. The molecule has 0 aliphatic rings. The first-order chi connectivity index (χ1) is 5.68. The molecule has 0 aliphatic heterocycles. The molecule has 0 radical (unpaired) electrons. The highest BCUT2D eigenvalue weighted by Gasteiger charge is 1.89. The molecule has 0 fully saturated rings. The minimum atomic E-state index is -0.515. The summed E-state index contributed by atoms with van der Waals surface area (Å²) in [6.45, 7) is 0.851. The number of carbonyl (C=O) groups excluding carboxylic acids is 1. The van der Waals surface area contributed by atoms with Crippen LogP contribution in [0.4, 0.5) is 0 Å². The molecular formula is C6H14O6. The fourth-order valence-electron chi connectivity index (χ4n) is 0.162. The van der Waals surface area contributed by atoms with E-state index in [9.17, 15) is 4.79 Å². The van der Waals surface area contributed by atoms with Gasteiger partial charge in [0.25, 0.3) is 0 Å². The van der Waals surface area contributed by atoms with Crippen molar-refractivity contribution in [1.29, 1.82) is 0 Å². The lowest BCUT2D eigenvalue weighted by molar-refractivity contribution is -0.272. The molecule has 0 atom stereocenters. The maximum atomic E-state index is 9.89. The van der Waals surface area contributed by atoms with Crippen LogP contribution in [0.2, 0.25) is 0 Å². The van der Waals surface area contributed by atoms with Crippen molar-refractivity contribution in [2.24, 2.45) is 0 Å². The Balaban J connectivity index is 0. The Hall–Kier alpha value is -0.690. The summed E-state index contributed by atoms with van der Waals surface area (Å²) in [5.41, 5.74) is 0. The van der Waals surface area contributed by atoms with Gasteiger partial charge in [-0.25, -0.2) is 4.79 Å². The third kappa shape index (κ3) is 22.8. The first-order valence-corrected chi connectivity index (χ1v) is 3.31. The molecule has 0 unspecified atom stereocenters. The fraction of sp³-hybridized carbons (Fsp3) is 0.833. The number of hydrogen-bond donors (Lipinski definition) is 3. The van der Waals surface area contributed by atoms with Gasteiger partial charge in [0, 0.05) is 6.92 Å². The van der Waals surface area contributed by atoms with Crippen molar-refractivity contribution in [2.75, 3.05) is 26.4 Å². The fourth-order valence-corrected chi connectivity index (χ4v) is 0.162. The topological polar surface area (TPSA) is 96.2 Å². The van der Waals surface area contributed by atoms with Crippen LogP contribution in [0.25, 0.3) is 0 Å². The Bertz CT molecular complexity index is 92.0. The molecule has 3 N–H and O–H groups in total. The van der Waals surface area contributed by atoms with Crippen molar-refractivity contribution in [3.63, 3.8) is 0 Å². The number of carbonyl (C=O) groups is 1. The van der Waals surface area contributed by atoms with Crippen LogP contribution in [0.1, 0.15) is 6.92 Å². The van der Waals surface area contributed by atoms with Gasteiger partial charge in [-0.2, -0.15) is 4.89 Å². The Morgan fingerprint density at radius 1 is 1.17 bits per heavy atom. The third-order valence-electron chi connectivity index (χ3n) is 0.451. The third-order valence-corrected chi connectivity index (χ3v) is 0.451. The van der Waals surface area contributed by atoms with Crippen molar-refractivity contribution in [3.8, 4) is 0 Å². The second-order valence-corrected chi connectivity index (χ2v) is 1.57. The number of rotatable bonds is 4. The van der Waals surface area contributed by atoms with Crippen LogP contribution in [-0.4, -0.2) is 47.7 Å². The van der Waals surface area contributed by atoms with E-state index in [4.69, 9.17) is 15.3 Å². The van der Waals surface area contributed by atoms with Gasteiger partial charge >= 0.3 is 5.97 Å². The van der Waals surface area contributed by atoms with Crippen LogP contribution < -0.4 is 0 Å². The molecule has 0 saturated carbocycles. The van der Waals surface area contributed by atoms with Gasteiger partial charge in [0.05, 0.1) is 19.8 Å². The van der Waals surface area contributed by atoms with Gasteiger partial charge in [-0.3, -0.25) is 4.89 Å². The van der Waals surface area contributed by atoms with Gasteiger partial charge in [0.15, 0.2) is 0 Å². The highest BCUT2D eigenvalue weighted by Crippen LogP contribution is 1.76. The minimum absolute atomic E-state index is 0.0274. The van der Waals surface area contributed by atoms with Gasteiger partial charge in [-0.1, -0.05) is 0 Å². The van der Waals surface area contributed by atoms with E-state index in [0.717, 1.165) is 0 Å². The van der Waals surface area contributed by atoms with Crippen LogP contribution in [-0.2, 0) is 14.6 Å². The van der Waals surface area contributed by atoms with E-state index in [1.807, 2.05) is 0 Å². The van der Waals surface area contributed by atoms with E-state index < -0.39 is 5.97 Å². The predicted molar refractivity (Wildman–Crippen MR) is 39.0 cm³/mol. The van der Waals surface area contributed by atoms with Gasteiger partial charge in [-0.15, -0.1) is 0 Å². The van der Waals surface area contributed by atoms with Crippen LogP contribution in [0.5, 0.6) is 0 Å². The zero-order chi connectivity index (χ0) is 9.82. The number of aliphatic hydroxyl groups is 3. The minimum Gasteiger partial charge on any atom is -0.394 e. The summed E-state index contributed by atoms with van der Waals surface area (Å²) in [4.78, 5) is 18.0. The second kappa shape index (κ2) is 12.9.